The van der Waals surface area contributed by atoms with E-state index in [4.69, 9.17) is 0 Å². The molecule has 2 heteroatoms. The Labute approximate surface area is 125 Å². The Morgan fingerprint density at radius 1 is 1.05 bits per heavy atom. The van der Waals surface area contributed by atoms with Crippen molar-refractivity contribution in [3.63, 3.8) is 0 Å². The van der Waals surface area contributed by atoms with Gasteiger partial charge in [0.1, 0.15) is 0 Å². The van der Waals surface area contributed by atoms with Crippen molar-refractivity contribution in [3.8, 4) is 0 Å². The van der Waals surface area contributed by atoms with Gasteiger partial charge in [-0.3, -0.25) is 0 Å². The van der Waals surface area contributed by atoms with Gasteiger partial charge in [-0.05, 0) is 74.8 Å². The lowest BCUT2D eigenvalue weighted by atomic mass is 9.68. The van der Waals surface area contributed by atoms with Crippen molar-refractivity contribution in [1.29, 1.82) is 0 Å². The zero-order valence-corrected chi connectivity index (χ0v) is 14.1. The number of hydrogen-bond donors (Lipinski definition) is 1. The van der Waals surface area contributed by atoms with Crippen LogP contribution in [0, 0.1) is 23.2 Å². The molecule has 20 heavy (non-hydrogen) atoms. The third-order valence-electron chi connectivity index (χ3n) is 5.77. The molecule has 2 rings (SSSR count). The highest BCUT2D eigenvalue weighted by Crippen LogP contribution is 2.40. The largest absolute Gasteiger partial charge is 0.393 e. The summed E-state index contributed by atoms with van der Waals surface area (Å²) in [4.78, 5) is 2.63. The molecule has 118 valence electrons. The average molecular weight is 281 g/mol. The SMILES string of the molecule is CC1CCCN(CC2CC(C(C)(C)C)CCC2O)CC1. The van der Waals surface area contributed by atoms with Crippen LogP contribution in [0.15, 0.2) is 0 Å². The molecular formula is C18H35NO. The van der Waals surface area contributed by atoms with E-state index in [0.717, 1.165) is 24.8 Å². The zero-order valence-electron chi connectivity index (χ0n) is 14.1. The second-order valence-electron chi connectivity index (χ2n) is 8.54. The maximum atomic E-state index is 10.4. The van der Waals surface area contributed by atoms with Crippen LogP contribution >= 0.6 is 0 Å². The standard InChI is InChI=1S/C18H35NO/c1-14-6-5-10-19(11-9-14)13-15-12-16(18(2,3)4)7-8-17(15)20/h14-17,20H,5-13H2,1-4H3. The molecular weight excluding hydrogens is 246 g/mol. The molecule has 0 aromatic heterocycles. The van der Waals surface area contributed by atoms with Crippen molar-refractivity contribution in [1.82, 2.24) is 4.90 Å². The van der Waals surface area contributed by atoms with E-state index in [1.54, 1.807) is 0 Å². The zero-order chi connectivity index (χ0) is 14.8. The van der Waals surface area contributed by atoms with Crippen molar-refractivity contribution >= 4 is 0 Å². The first kappa shape index (κ1) is 16.3. The van der Waals surface area contributed by atoms with Gasteiger partial charge in [-0.15, -0.1) is 0 Å². The molecule has 2 fully saturated rings. The van der Waals surface area contributed by atoms with E-state index in [2.05, 4.69) is 32.6 Å². The van der Waals surface area contributed by atoms with Gasteiger partial charge in [-0.1, -0.05) is 27.7 Å². The number of aliphatic hydroxyl groups excluding tert-OH is 1. The molecule has 0 amide bonds. The van der Waals surface area contributed by atoms with Crippen LogP contribution in [0.3, 0.4) is 0 Å². The lowest BCUT2D eigenvalue weighted by Gasteiger charge is -2.41. The topological polar surface area (TPSA) is 23.5 Å². The molecule has 0 spiro atoms. The molecule has 0 bridgehead atoms. The molecule has 0 aromatic carbocycles. The molecule has 1 saturated carbocycles. The molecule has 1 saturated heterocycles. The summed E-state index contributed by atoms with van der Waals surface area (Å²) in [5.41, 5.74) is 0.395. The molecule has 1 heterocycles. The Morgan fingerprint density at radius 2 is 1.80 bits per heavy atom. The summed E-state index contributed by atoms with van der Waals surface area (Å²) in [6.45, 7) is 13.1. The smallest absolute Gasteiger partial charge is 0.0580 e. The van der Waals surface area contributed by atoms with E-state index < -0.39 is 0 Å². The third kappa shape index (κ3) is 4.46. The number of hydrogen-bond acceptors (Lipinski definition) is 2. The maximum absolute atomic E-state index is 10.4. The second kappa shape index (κ2) is 6.79. The fraction of sp³-hybridized carbons (Fsp3) is 1.00. The van der Waals surface area contributed by atoms with E-state index in [9.17, 15) is 5.11 Å². The van der Waals surface area contributed by atoms with Gasteiger partial charge in [0.25, 0.3) is 0 Å². The van der Waals surface area contributed by atoms with Crippen LogP contribution in [0.25, 0.3) is 0 Å². The number of aliphatic hydroxyl groups is 1. The minimum atomic E-state index is -0.0609. The number of likely N-dealkylation sites (tertiary alicyclic amines) is 1. The van der Waals surface area contributed by atoms with Gasteiger partial charge in [0.2, 0.25) is 0 Å². The van der Waals surface area contributed by atoms with Crippen LogP contribution in [-0.4, -0.2) is 35.7 Å². The van der Waals surface area contributed by atoms with Crippen molar-refractivity contribution < 1.29 is 5.11 Å². The second-order valence-corrected chi connectivity index (χ2v) is 8.54. The van der Waals surface area contributed by atoms with Crippen LogP contribution in [-0.2, 0) is 0 Å². The first-order valence-electron chi connectivity index (χ1n) is 8.76. The van der Waals surface area contributed by atoms with Crippen molar-refractivity contribution in [3.05, 3.63) is 0 Å². The molecule has 4 atom stereocenters. The Balaban J connectivity index is 1.89. The highest BCUT2D eigenvalue weighted by Gasteiger charge is 2.35. The lowest BCUT2D eigenvalue weighted by molar-refractivity contribution is 0.00360. The van der Waals surface area contributed by atoms with Crippen molar-refractivity contribution in [2.24, 2.45) is 23.2 Å². The van der Waals surface area contributed by atoms with E-state index in [1.807, 2.05) is 0 Å². The first-order chi connectivity index (χ1) is 9.36. The minimum Gasteiger partial charge on any atom is -0.393 e. The Hall–Kier alpha value is -0.0800. The van der Waals surface area contributed by atoms with Gasteiger partial charge in [-0.2, -0.15) is 0 Å². The summed E-state index contributed by atoms with van der Waals surface area (Å²) in [5, 5.41) is 10.4. The van der Waals surface area contributed by atoms with E-state index in [0.29, 0.717) is 11.3 Å². The Bertz CT molecular complexity index is 296. The van der Waals surface area contributed by atoms with Crippen LogP contribution in [0.1, 0.15) is 66.2 Å². The predicted octanol–water partition coefficient (Wildman–Crippen LogP) is 3.93. The number of rotatable bonds is 2. The fourth-order valence-electron chi connectivity index (χ4n) is 4.07. The summed E-state index contributed by atoms with van der Waals surface area (Å²) in [7, 11) is 0. The van der Waals surface area contributed by atoms with Gasteiger partial charge >= 0.3 is 0 Å². The normalized spacial score (nSPS) is 37.6. The summed E-state index contributed by atoms with van der Waals surface area (Å²) >= 11 is 0. The van der Waals surface area contributed by atoms with E-state index in [1.165, 1.54) is 45.2 Å². The highest BCUT2D eigenvalue weighted by molar-refractivity contribution is 4.87. The van der Waals surface area contributed by atoms with Crippen LogP contribution in [0.5, 0.6) is 0 Å². The first-order valence-corrected chi connectivity index (χ1v) is 8.76. The van der Waals surface area contributed by atoms with E-state index >= 15 is 0 Å². The monoisotopic (exact) mass is 281 g/mol. The average Bonchev–Trinajstić information content (AvgIpc) is 2.56. The third-order valence-corrected chi connectivity index (χ3v) is 5.77. The van der Waals surface area contributed by atoms with Crippen LogP contribution < -0.4 is 0 Å². The predicted molar refractivity (Wildman–Crippen MR) is 85.7 cm³/mol. The van der Waals surface area contributed by atoms with E-state index in [-0.39, 0.29) is 6.10 Å². The molecule has 2 nitrogen and oxygen atoms in total. The molecule has 2 aliphatic rings. The summed E-state index contributed by atoms with van der Waals surface area (Å²) < 4.78 is 0. The van der Waals surface area contributed by atoms with Crippen LogP contribution in [0.4, 0.5) is 0 Å². The summed E-state index contributed by atoms with van der Waals surface area (Å²) in [6.07, 6.45) is 7.44. The maximum Gasteiger partial charge on any atom is 0.0580 e. The van der Waals surface area contributed by atoms with Crippen molar-refractivity contribution in [2.45, 2.75) is 72.3 Å². The van der Waals surface area contributed by atoms with Gasteiger partial charge in [0.15, 0.2) is 0 Å². The van der Waals surface area contributed by atoms with Gasteiger partial charge < -0.3 is 10.0 Å². The summed E-state index contributed by atoms with van der Waals surface area (Å²) in [6, 6.07) is 0. The lowest BCUT2D eigenvalue weighted by Crippen LogP contribution is -2.41. The molecule has 1 aliphatic heterocycles. The molecule has 4 unspecified atom stereocenters. The highest BCUT2D eigenvalue weighted by atomic mass is 16.3. The number of nitrogens with zero attached hydrogens (tertiary/aromatic N) is 1. The van der Waals surface area contributed by atoms with Gasteiger partial charge in [0, 0.05) is 6.54 Å². The molecule has 1 N–H and O–H groups in total. The Morgan fingerprint density at radius 3 is 2.50 bits per heavy atom. The molecule has 1 aliphatic carbocycles. The molecule has 0 aromatic rings. The fourth-order valence-corrected chi connectivity index (χ4v) is 4.07. The van der Waals surface area contributed by atoms with Crippen molar-refractivity contribution in [2.75, 3.05) is 19.6 Å². The minimum absolute atomic E-state index is 0.0609. The van der Waals surface area contributed by atoms with Gasteiger partial charge in [-0.25, -0.2) is 0 Å². The Kier molecular flexibility index (Phi) is 5.53. The molecule has 0 radical (unpaired) electrons. The van der Waals surface area contributed by atoms with Gasteiger partial charge in [0.05, 0.1) is 6.10 Å². The van der Waals surface area contributed by atoms with Crippen LogP contribution in [0.2, 0.25) is 0 Å². The quantitative estimate of drug-likeness (QED) is 0.829. The summed E-state index contributed by atoms with van der Waals surface area (Å²) in [5.74, 6) is 2.17.